The normalized spacial score (nSPS) is 13.2. The number of pyridine rings is 1. The summed E-state index contributed by atoms with van der Waals surface area (Å²) in [5, 5.41) is 6.24. The molecule has 1 aromatic heterocycles. The van der Waals surface area contributed by atoms with Crippen LogP contribution in [-0.2, 0) is 19.1 Å². The molecular formula is C30H25F3N8O. The van der Waals surface area contributed by atoms with Crippen molar-refractivity contribution in [2.75, 3.05) is 17.2 Å². The Hall–Kier alpha value is -5.13. The maximum absolute atomic E-state index is 13.4. The van der Waals surface area contributed by atoms with E-state index in [4.69, 9.17) is 0 Å². The maximum Gasteiger partial charge on any atom is 0.416 e. The molecule has 4 heterocycles. The molecule has 212 valence electrons. The summed E-state index contributed by atoms with van der Waals surface area (Å²) in [5.74, 6) is 1.36. The molecule has 3 aliphatic heterocycles. The van der Waals surface area contributed by atoms with Crippen LogP contribution in [0.5, 0.6) is 0 Å². The molecule has 12 heteroatoms. The van der Waals surface area contributed by atoms with Crippen molar-refractivity contribution in [3.8, 4) is 22.5 Å². The molecule has 2 N–H and O–H groups in total. The van der Waals surface area contributed by atoms with Crippen LogP contribution in [0, 0.1) is 6.92 Å². The summed E-state index contributed by atoms with van der Waals surface area (Å²) in [7, 11) is 0. The second-order valence-electron chi connectivity index (χ2n) is 9.82. The summed E-state index contributed by atoms with van der Waals surface area (Å²) >= 11 is 0. The molecular weight excluding hydrogens is 545 g/mol. The topological polar surface area (TPSA) is 110 Å². The Morgan fingerprint density at radius 1 is 1.07 bits per heavy atom. The molecule has 42 heavy (non-hydrogen) atoms. The smallest absolute Gasteiger partial charge is 0.369 e. The van der Waals surface area contributed by atoms with Crippen LogP contribution in [0.3, 0.4) is 0 Å². The molecule has 1 amide bonds. The molecule has 0 atom stereocenters. The van der Waals surface area contributed by atoms with Crippen molar-refractivity contribution >= 4 is 23.2 Å². The van der Waals surface area contributed by atoms with Crippen LogP contribution in [0.4, 0.5) is 30.5 Å². The molecule has 3 aromatic rings. The molecule has 0 bridgehead atoms. The predicted octanol–water partition coefficient (Wildman–Crippen LogP) is 5.64. The fourth-order valence-electron chi connectivity index (χ4n) is 5.03. The van der Waals surface area contributed by atoms with E-state index in [0.717, 1.165) is 40.2 Å². The highest BCUT2D eigenvalue weighted by Gasteiger charge is 2.31. The second-order valence-corrected chi connectivity index (χ2v) is 9.82. The van der Waals surface area contributed by atoms with Gasteiger partial charge in [-0.1, -0.05) is 19.1 Å². The highest BCUT2D eigenvalue weighted by molar-refractivity contribution is 6.06. The van der Waals surface area contributed by atoms with Crippen molar-refractivity contribution < 1.29 is 18.0 Å². The van der Waals surface area contributed by atoms with Gasteiger partial charge in [-0.2, -0.15) is 23.1 Å². The summed E-state index contributed by atoms with van der Waals surface area (Å²) in [6, 6.07) is 10.7. The second kappa shape index (κ2) is 10.7. The van der Waals surface area contributed by atoms with Gasteiger partial charge in [0.2, 0.25) is 0 Å². The number of carbonyl (C=O) groups is 1. The van der Waals surface area contributed by atoms with E-state index in [1.54, 1.807) is 31.6 Å². The number of nitrogens with zero attached hydrogens (tertiary/aromatic N) is 6. The Morgan fingerprint density at radius 2 is 1.93 bits per heavy atom. The summed E-state index contributed by atoms with van der Waals surface area (Å²) in [6.07, 6.45) is 2.21. The van der Waals surface area contributed by atoms with Crippen LogP contribution in [0.1, 0.15) is 34.0 Å². The van der Waals surface area contributed by atoms with Crippen molar-refractivity contribution in [2.24, 2.45) is 4.99 Å². The number of carbonyl (C=O) groups excluding carboxylic acids is 1. The van der Waals surface area contributed by atoms with Crippen LogP contribution >= 0.6 is 0 Å². The first kappa shape index (κ1) is 27.1. The first-order valence-corrected chi connectivity index (χ1v) is 13.3. The van der Waals surface area contributed by atoms with Crippen LogP contribution in [0.15, 0.2) is 72.2 Å². The number of fused-ring (bicyclic) bond motifs is 3. The number of hydrogen-bond acceptors (Lipinski definition) is 7. The van der Waals surface area contributed by atoms with Gasteiger partial charge in [0.15, 0.2) is 5.82 Å². The molecule has 0 fully saturated rings. The number of rotatable bonds is 5. The fraction of sp³-hybridized carbons (Fsp3) is 0.200. The van der Waals surface area contributed by atoms with Crippen LogP contribution in [0.25, 0.3) is 22.5 Å². The minimum Gasteiger partial charge on any atom is -0.369 e. The third kappa shape index (κ3) is 5.18. The number of alkyl halides is 3. The maximum atomic E-state index is 13.4. The van der Waals surface area contributed by atoms with Gasteiger partial charge in [0, 0.05) is 54.1 Å². The van der Waals surface area contributed by atoms with Gasteiger partial charge >= 0.3 is 6.18 Å². The van der Waals surface area contributed by atoms with Crippen molar-refractivity contribution in [3.63, 3.8) is 0 Å². The average molecular weight is 571 g/mol. The Morgan fingerprint density at radius 3 is 2.69 bits per heavy atom. The average Bonchev–Trinajstić information content (AvgIpc) is 3.48. The monoisotopic (exact) mass is 570 g/mol. The van der Waals surface area contributed by atoms with Crippen LogP contribution < -0.4 is 16.3 Å². The zero-order chi connectivity index (χ0) is 29.4. The van der Waals surface area contributed by atoms with E-state index < -0.39 is 17.6 Å². The number of hydrogen-bond donors (Lipinski definition) is 2. The predicted molar refractivity (Wildman–Crippen MR) is 151 cm³/mol. The van der Waals surface area contributed by atoms with Crippen molar-refractivity contribution in [1.29, 1.82) is 0 Å². The number of aryl methyl sites for hydroxylation is 2. The third-order valence-electron chi connectivity index (χ3n) is 7.10. The number of nitrogens with one attached hydrogen (secondary N) is 2. The zero-order valence-electron chi connectivity index (χ0n) is 22.7. The summed E-state index contributed by atoms with van der Waals surface area (Å²) < 4.78 is 42.1. The third-order valence-corrected chi connectivity index (χ3v) is 7.10. The van der Waals surface area contributed by atoms with E-state index in [-0.39, 0.29) is 11.2 Å². The molecule has 9 nitrogen and oxygen atoms in total. The molecule has 0 saturated heterocycles. The van der Waals surface area contributed by atoms with Gasteiger partial charge in [-0.3, -0.25) is 9.78 Å². The number of anilines is 2. The van der Waals surface area contributed by atoms with E-state index in [0.29, 0.717) is 42.4 Å². The zero-order valence-corrected chi connectivity index (χ0v) is 22.7. The van der Waals surface area contributed by atoms with E-state index in [1.807, 2.05) is 25.1 Å². The fourth-order valence-corrected chi connectivity index (χ4v) is 5.03. The Kier molecular flexibility index (Phi) is 6.89. The molecule has 0 saturated carbocycles. The molecule has 0 radical (unpaired) electrons. The number of benzene rings is 2. The lowest BCUT2D eigenvalue weighted by atomic mass is 9.97. The lowest BCUT2D eigenvalue weighted by Gasteiger charge is -2.19. The minimum absolute atomic E-state index is 0.00174. The Labute approximate surface area is 238 Å². The van der Waals surface area contributed by atoms with Crippen molar-refractivity contribution in [1.82, 2.24) is 24.5 Å². The molecule has 0 unspecified atom stereocenters. The van der Waals surface area contributed by atoms with Gasteiger partial charge in [-0.05, 0) is 60.4 Å². The van der Waals surface area contributed by atoms with Gasteiger partial charge in [0.1, 0.15) is 11.6 Å². The molecule has 2 aromatic carbocycles. The summed E-state index contributed by atoms with van der Waals surface area (Å²) in [6.45, 7) is 5.12. The SMILES string of the molecule is CCc1ccc(C(F)(F)F)cc1C(=O)Nc1ccc(C)c(-c2cc3cnc(=Nc4cnccn4)nc-3n3c2NCC3)c1. The number of aromatic nitrogens is 5. The summed E-state index contributed by atoms with van der Waals surface area (Å²) in [5.41, 5.74) is 3.87. The Balaban J connectivity index is 1.38. The number of amides is 1. The molecule has 3 aliphatic rings. The van der Waals surface area contributed by atoms with Gasteiger partial charge in [-0.25, -0.2) is 9.97 Å². The summed E-state index contributed by atoms with van der Waals surface area (Å²) in [4.78, 5) is 34.8. The first-order chi connectivity index (χ1) is 20.2. The lowest BCUT2D eigenvalue weighted by Crippen LogP contribution is -2.18. The quantitative estimate of drug-likeness (QED) is 0.283. The number of halogens is 3. The van der Waals surface area contributed by atoms with Gasteiger partial charge in [-0.15, -0.1) is 0 Å². The molecule has 0 spiro atoms. The Bertz CT molecular complexity index is 1850. The van der Waals surface area contributed by atoms with Crippen molar-refractivity contribution in [3.05, 3.63) is 95.1 Å². The molecule has 6 rings (SSSR count). The van der Waals surface area contributed by atoms with E-state index in [9.17, 15) is 18.0 Å². The van der Waals surface area contributed by atoms with Gasteiger partial charge in [0.05, 0.1) is 11.8 Å². The highest BCUT2D eigenvalue weighted by Crippen LogP contribution is 2.39. The molecule has 0 aliphatic carbocycles. The van der Waals surface area contributed by atoms with Gasteiger partial charge < -0.3 is 15.2 Å². The standard InChI is InChI=1S/C30H25F3N8O/c1-3-18-5-6-20(30(31,32)33)13-23(18)28(42)38-21-7-4-17(2)22(14-21)24-12-19-15-37-29(39-25-16-34-8-9-35-25)40-26(19)41-11-10-36-27(24)41/h4-9,12-16,36H,3,10-11H2,1-2H3,(H,38,42). The van der Waals surface area contributed by atoms with Crippen LogP contribution in [0.2, 0.25) is 0 Å². The highest BCUT2D eigenvalue weighted by atomic mass is 19.4. The van der Waals surface area contributed by atoms with Gasteiger partial charge in [0.25, 0.3) is 11.5 Å². The first-order valence-electron chi connectivity index (χ1n) is 13.3. The van der Waals surface area contributed by atoms with E-state index >= 15 is 0 Å². The minimum atomic E-state index is -4.55. The van der Waals surface area contributed by atoms with Crippen molar-refractivity contribution in [2.45, 2.75) is 33.0 Å². The lowest BCUT2D eigenvalue weighted by molar-refractivity contribution is -0.137. The van der Waals surface area contributed by atoms with E-state index in [1.165, 1.54) is 12.3 Å². The van der Waals surface area contributed by atoms with E-state index in [2.05, 4.69) is 40.1 Å². The van der Waals surface area contributed by atoms with Crippen LogP contribution in [-0.4, -0.2) is 37.0 Å². The largest absolute Gasteiger partial charge is 0.416 e.